The van der Waals surface area contributed by atoms with Crippen molar-refractivity contribution < 1.29 is 9.84 Å². The molecule has 1 unspecified atom stereocenters. The lowest BCUT2D eigenvalue weighted by atomic mass is 9.89. The third-order valence-electron chi connectivity index (χ3n) is 4.14. The van der Waals surface area contributed by atoms with Gasteiger partial charge in [0.05, 0.1) is 12.7 Å². The summed E-state index contributed by atoms with van der Waals surface area (Å²) in [6.07, 6.45) is 4.86. The summed E-state index contributed by atoms with van der Waals surface area (Å²) in [6, 6.07) is 7.38. The van der Waals surface area contributed by atoms with E-state index < -0.39 is 0 Å². The first-order chi connectivity index (χ1) is 11.1. The van der Waals surface area contributed by atoms with Crippen LogP contribution in [-0.2, 0) is 12.8 Å². The van der Waals surface area contributed by atoms with Crippen LogP contribution in [0.1, 0.15) is 34.9 Å². The van der Waals surface area contributed by atoms with Gasteiger partial charge in [0.25, 0.3) is 0 Å². The van der Waals surface area contributed by atoms with Crippen molar-refractivity contribution in [2.24, 2.45) is 10.9 Å². The molecule has 3 rings (SSSR count). The van der Waals surface area contributed by atoms with Gasteiger partial charge >= 0.3 is 0 Å². The number of aliphatic imine (C=N–C) groups is 1. The number of rotatable bonds is 3. The van der Waals surface area contributed by atoms with E-state index in [1.165, 1.54) is 17.6 Å². The molecule has 0 amide bonds. The molecular formula is C18H18N2O2S. The molecule has 23 heavy (non-hydrogen) atoms. The number of nitrogens with zero attached hydrogens (tertiary/aromatic N) is 2. The molecule has 4 nitrogen and oxygen atoms in total. The highest BCUT2D eigenvalue weighted by Crippen LogP contribution is 2.40. The molecule has 1 heterocycles. The second kappa shape index (κ2) is 6.43. The molecule has 0 radical (unpaired) electrons. The van der Waals surface area contributed by atoms with Gasteiger partial charge in [0.15, 0.2) is 11.5 Å². The third-order valence-corrected chi connectivity index (χ3v) is 5.30. The fourth-order valence-electron chi connectivity index (χ4n) is 2.85. The molecule has 5 heteroatoms. The summed E-state index contributed by atoms with van der Waals surface area (Å²) < 4.78 is 5.10. The number of ether oxygens (including phenoxy) is 1. The van der Waals surface area contributed by atoms with Crippen molar-refractivity contribution in [3.05, 3.63) is 39.8 Å². The fraction of sp³-hybridized carbons (Fsp3) is 0.333. The number of hydrogen-bond acceptors (Lipinski definition) is 5. The Labute approximate surface area is 139 Å². The summed E-state index contributed by atoms with van der Waals surface area (Å²) in [4.78, 5) is 5.82. The van der Waals surface area contributed by atoms with Crippen LogP contribution < -0.4 is 4.74 Å². The monoisotopic (exact) mass is 326 g/mol. The molecule has 0 fully saturated rings. The van der Waals surface area contributed by atoms with Crippen molar-refractivity contribution >= 4 is 22.6 Å². The first kappa shape index (κ1) is 15.6. The molecule has 1 aromatic heterocycles. The lowest BCUT2D eigenvalue weighted by molar-refractivity contribution is 0.373. The summed E-state index contributed by atoms with van der Waals surface area (Å²) >= 11 is 1.62. The summed E-state index contributed by atoms with van der Waals surface area (Å²) in [7, 11) is 1.51. The van der Waals surface area contributed by atoms with Gasteiger partial charge in [-0.3, -0.25) is 0 Å². The van der Waals surface area contributed by atoms with Gasteiger partial charge in [0.1, 0.15) is 11.1 Å². The number of thiophene rings is 1. The minimum Gasteiger partial charge on any atom is -0.504 e. The first-order valence-electron chi connectivity index (χ1n) is 7.58. The maximum Gasteiger partial charge on any atom is 0.161 e. The number of phenolic OH excluding ortho intramolecular Hbond substituents is 1. The number of nitriles is 1. The van der Waals surface area contributed by atoms with Gasteiger partial charge in [0.2, 0.25) is 0 Å². The molecule has 0 spiro atoms. The van der Waals surface area contributed by atoms with Crippen LogP contribution in [-0.4, -0.2) is 18.4 Å². The van der Waals surface area contributed by atoms with Gasteiger partial charge in [-0.25, -0.2) is 4.99 Å². The number of aromatic hydroxyl groups is 1. The van der Waals surface area contributed by atoms with Crippen molar-refractivity contribution in [3.63, 3.8) is 0 Å². The van der Waals surface area contributed by atoms with Gasteiger partial charge in [0, 0.05) is 11.1 Å². The molecule has 2 aromatic rings. The highest BCUT2D eigenvalue weighted by molar-refractivity contribution is 7.16. The van der Waals surface area contributed by atoms with Crippen molar-refractivity contribution in [1.29, 1.82) is 5.26 Å². The van der Waals surface area contributed by atoms with Gasteiger partial charge in [-0.1, -0.05) is 6.92 Å². The second-order valence-electron chi connectivity index (χ2n) is 5.83. The average molecular weight is 326 g/mol. The van der Waals surface area contributed by atoms with Crippen molar-refractivity contribution in [2.75, 3.05) is 7.11 Å². The Morgan fingerprint density at radius 2 is 2.30 bits per heavy atom. The van der Waals surface area contributed by atoms with E-state index in [1.807, 2.05) is 0 Å². The second-order valence-corrected chi connectivity index (χ2v) is 6.92. The summed E-state index contributed by atoms with van der Waals surface area (Å²) in [5, 5.41) is 19.9. The topological polar surface area (TPSA) is 65.6 Å². The maximum atomic E-state index is 9.63. The molecule has 1 aromatic carbocycles. The van der Waals surface area contributed by atoms with Crippen LogP contribution in [0, 0.1) is 17.2 Å². The molecular weight excluding hydrogens is 308 g/mol. The molecule has 1 N–H and O–H groups in total. The predicted octanol–water partition coefficient (Wildman–Crippen LogP) is 4.21. The van der Waals surface area contributed by atoms with E-state index in [0.29, 0.717) is 11.7 Å². The molecule has 0 bridgehead atoms. The third kappa shape index (κ3) is 3.08. The minimum absolute atomic E-state index is 0.0999. The van der Waals surface area contributed by atoms with E-state index in [-0.39, 0.29) is 5.75 Å². The fourth-order valence-corrected chi connectivity index (χ4v) is 4.16. The Morgan fingerprint density at radius 1 is 1.48 bits per heavy atom. The highest BCUT2D eigenvalue weighted by atomic mass is 32.1. The predicted molar refractivity (Wildman–Crippen MR) is 92.1 cm³/mol. The zero-order valence-corrected chi connectivity index (χ0v) is 14.0. The smallest absolute Gasteiger partial charge is 0.161 e. The number of phenols is 1. The van der Waals surface area contributed by atoms with Crippen molar-refractivity contribution in [3.8, 4) is 17.6 Å². The zero-order chi connectivity index (χ0) is 16.4. The number of benzene rings is 1. The van der Waals surface area contributed by atoms with E-state index in [2.05, 4.69) is 18.0 Å². The van der Waals surface area contributed by atoms with Crippen LogP contribution in [0.2, 0.25) is 0 Å². The molecule has 0 saturated carbocycles. The summed E-state index contributed by atoms with van der Waals surface area (Å²) in [5.74, 6) is 1.18. The number of methoxy groups -OCH3 is 1. The van der Waals surface area contributed by atoms with E-state index in [9.17, 15) is 10.4 Å². The SMILES string of the molecule is COc1cc(C=Nc2sc3c(c2C#N)CCC(C)C3)ccc1O. The molecule has 0 aliphatic heterocycles. The van der Waals surface area contributed by atoms with Crippen LogP contribution in [0.3, 0.4) is 0 Å². The molecule has 1 atom stereocenters. The van der Waals surface area contributed by atoms with Crippen LogP contribution in [0.25, 0.3) is 0 Å². The highest BCUT2D eigenvalue weighted by Gasteiger charge is 2.23. The standard InChI is InChI=1S/C18H18N2O2S/c1-11-3-5-13-14(9-19)18(23-17(13)7-11)20-10-12-4-6-15(21)16(8-12)22-2/h4,6,8,10-11,21H,3,5,7H2,1-2H3. The number of hydrogen-bond donors (Lipinski definition) is 1. The first-order valence-corrected chi connectivity index (χ1v) is 8.39. The van der Waals surface area contributed by atoms with Crippen molar-refractivity contribution in [2.45, 2.75) is 26.2 Å². The van der Waals surface area contributed by atoms with Gasteiger partial charge in [-0.05, 0) is 54.5 Å². The molecule has 1 aliphatic carbocycles. The van der Waals surface area contributed by atoms with E-state index in [4.69, 9.17) is 4.74 Å². The van der Waals surface area contributed by atoms with E-state index in [1.54, 1.807) is 35.8 Å². The lowest BCUT2D eigenvalue weighted by Gasteiger charge is -2.17. The Hall–Kier alpha value is -2.32. The van der Waals surface area contributed by atoms with Crippen LogP contribution in [0.15, 0.2) is 23.2 Å². The van der Waals surface area contributed by atoms with Crippen LogP contribution >= 0.6 is 11.3 Å². The summed E-state index contributed by atoms with van der Waals surface area (Å²) in [5.41, 5.74) is 2.73. The quantitative estimate of drug-likeness (QED) is 0.859. The molecule has 1 aliphatic rings. The van der Waals surface area contributed by atoms with Crippen LogP contribution in [0.4, 0.5) is 5.00 Å². The summed E-state index contributed by atoms with van der Waals surface area (Å²) in [6.45, 7) is 2.25. The van der Waals surface area contributed by atoms with Gasteiger partial charge in [-0.2, -0.15) is 5.26 Å². The van der Waals surface area contributed by atoms with Crippen LogP contribution in [0.5, 0.6) is 11.5 Å². The Bertz CT molecular complexity index is 802. The number of fused-ring (bicyclic) bond motifs is 1. The van der Waals surface area contributed by atoms with E-state index in [0.717, 1.165) is 35.4 Å². The normalized spacial score (nSPS) is 17.0. The maximum absolute atomic E-state index is 9.63. The minimum atomic E-state index is 0.0999. The molecule has 0 saturated heterocycles. The Balaban J connectivity index is 1.93. The largest absolute Gasteiger partial charge is 0.504 e. The lowest BCUT2D eigenvalue weighted by Crippen LogP contribution is -2.09. The molecule has 118 valence electrons. The zero-order valence-electron chi connectivity index (χ0n) is 13.2. The van der Waals surface area contributed by atoms with Gasteiger partial charge in [-0.15, -0.1) is 11.3 Å². The Kier molecular flexibility index (Phi) is 4.35. The van der Waals surface area contributed by atoms with E-state index >= 15 is 0 Å². The Morgan fingerprint density at radius 3 is 3.04 bits per heavy atom. The van der Waals surface area contributed by atoms with Gasteiger partial charge < -0.3 is 9.84 Å². The van der Waals surface area contributed by atoms with Crippen molar-refractivity contribution in [1.82, 2.24) is 0 Å². The average Bonchev–Trinajstić information content (AvgIpc) is 2.90.